The molecular formula is C26H25NO4. The van der Waals surface area contributed by atoms with Crippen molar-refractivity contribution in [2.75, 3.05) is 20.4 Å². The van der Waals surface area contributed by atoms with E-state index in [0.717, 1.165) is 54.5 Å². The van der Waals surface area contributed by atoms with Gasteiger partial charge in [0.25, 0.3) is 0 Å². The number of rotatable bonds is 4. The summed E-state index contributed by atoms with van der Waals surface area (Å²) in [6.45, 7) is 2.75. The second kappa shape index (κ2) is 7.50. The molecule has 0 N–H and O–H groups in total. The Hall–Kier alpha value is -3.18. The summed E-state index contributed by atoms with van der Waals surface area (Å²) in [6, 6.07) is 19.2. The lowest BCUT2D eigenvalue weighted by Gasteiger charge is -2.41. The van der Waals surface area contributed by atoms with E-state index in [9.17, 15) is 0 Å². The molecule has 3 heterocycles. The number of nitrogens with zero attached hydrogens (tertiary/aromatic N) is 1. The lowest BCUT2D eigenvalue weighted by molar-refractivity contribution is 0.151. The number of ether oxygens (including phenoxy) is 4. The zero-order chi connectivity index (χ0) is 20.8. The van der Waals surface area contributed by atoms with Crippen molar-refractivity contribution in [1.82, 2.24) is 4.90 Å². The average molecular weight is 415 g/mol. The summed E-state index contributed by atoms with van der Waals surface area (Å²) in [4.78, 5) is 2.56. The SMILES string of the molecule is COc1cc2c(cc1OCc1ccccc1)C1Cc3ccc4c(c3CN1CC2)OCO4. The maximum absolute atomic E-state index is 6.21. The molecule has 3 aromatic carbocycles. The molecule has 5 heteroatoms. The third-order valence-electron chi connectivity index (χ3n) is 6.64. The molecule has 0 spiro atoms. The van der Waals surface area contributed by atoms with Crippen LogP contribution in [-0.2, 0) is 26.0 Å². The molecule has 5 nitrogen and oxygen atoms in total. The van der Waals surface area contributed by atoms with Crippen molar-refractivity contribution in [2.45, 2.75) is 32.0 Å². The first-order valence-electron chi connectivity index (χ1n) is 10.8. The van der Waals surface area contributed by atoms with E-state index in [0.29, 0.717) is 19.4 Å². The molecular weight excluding hydrogens is 390 g/mol. The molecule has 0 aromatic heterocycles. The first-order valence-corrected chi connectivity index (χ1v) is 10.8. The Kier molecular flexibility index (Phi) is 4.50. The predicted molar refractivity (Wildman–Crippen MR) is 117 cm³/mol. The zero-order valence-corrected chi connectivity index (χ0v) is 17.6. The monoisotopic (exact) mass is 415 g/mol. The van der Waals surface area contributed by atoms with E-state index in [2.05, 4.69) is 35.2 Å². The fraction of sp³-hybridized carbons (Fsp3) is 0.308. The smallest absolute Gasteiger partial charge is 0.231 e. The Morgan fingerprint density at radius 1 is 1.00 bits per heavy atom. The van der Waals surface area contributed by atoms with Crippen LogP contribution in [0.5, 0.6) is 23.0 Å². The number of hydrogen-bond acceptors (Lipinski definition) is 5. The summed E-state index contributed by atoms with van der Waals surface area (Å²) in [5.74, 6) is 3.42. The summed E-state index contributed by atoms with van der Waals surface area (Å²) in [7, 11) is 1.71. The number of fused-ring (bicyclic) bond motifs is 6. The van der Waals surface area contributed by atoms with Gasteiger partial charge in [0, 0.05) is 24.7 Å². The van der Waals surface area contributed by atoms with E-state index in [4.69, 9.17) is 18.9 Å². The van der Waals surface area contributed by atoms with Crippen LogP contribution in [0.2, 0.25) is 0 Å². The van der Waals surface area contributed by atoms with Gasteiger partial charge in [-0.1, -0.05) is 36.4 Å². The molecule has 0 radical (unpaired) electrons. The molecule has 158 valence electrons. The maximum Gasteiger partial charge on any atom is 0.231 e. The molecule has 0 aliphatic carbocycles. The Bertz CT molecular complexity index is 1130. The maximum atomic E-state index is 6.21. The number of methoxy groups -OCH3 is 1. The minimum absolute atomic E-state index is 0.319. The van der Waals surface area contributed by atoms with Gasteiger partial charge >= 0.3 is 0 Å². The van der Waals surface area contributed by atoms with Crippen molar-refractivity contribution in [3.63, 3.8) is 0 Å². The van der Waals surface area contributed by atoms with Gasteiger partial charge in [-0.25, -0.2) is 0 Å². The van der Waals surface area contributed by atoms with Crippen molar-refractivity contribution in [3.05, 3.63) is 82.4 Å². The van der Waals surface area contributed by atoms with Gasteiger partial charge in [-0.2, -0.15) is 0 Å². The molecule has 3 aromatic rings. The Balaban J connectivity index is 1.33. The van der Waals surface area contributed by atoms with Crippen molar-refractivity contribution < 1.29 is 18.9 Å². The van der Waals surface area contributed by atoms with Crippen LogP contribution in [0.25, 0.3) is 0 Å². The molecule has 6 rings (SSSR count). The predicted octanol–water partition coefficient (Wildman–Crippen LogP) is 4.66. The molecule has 0 amide bonds. The summed E-state index contributed by atoms with van der Waals surface area (Å²) >= 11 is 0. The third kappa shape index (κ3) is 3.20. The van der Waals surface area contributed by atoms with Crippen molar-refractivity contribution >= 4 is 0 Å². The first-order chi connectivity index (χ1) is 15.3. The van der Waals surface area contributed by atoms with Crippen molar-refractivity contribution in [1.29, 1.82) is 0 Å². The van der Waals surface area contributed by atoms with Crippen molar-refractivity contribution in [3.8, 4) is 23.0 Å². The molecule has 0 bridgehead atoms. The highest BCUT2D eigenvalue weighted by Crippen LogP contribution is 2.47. The van der Waals surface area contributed by atoms with Gasteiger partial charge in [-0.3, -0.25) is 4.90 Å². The highest BCUT2D eigenvalue weighted by molar-refractivity contribution is 5.55. The van der Waals surface area contributed by atoms with Crippen LogP contribution in [0.1, 0.15) is 33.9 Å². The van der Waals surface area contributed by atoms with Gasteiger partial charge in [0.15, 0.2) is 23.0 Å². The van der Waals surface area contributed by atoms with E-state index in [1.165, 1.54) is 22.3 Å². The fourth-order valence-electron chi connectivity index (χ4n) is 5.04. The van der Waals surface area contributed by atoms with Crippen LogP contribution in [0, 0.1) is 0 Å². The standard InChI is InChI=1S/C26H25NO4/c1-28-24-12-19-9-10-27-14-21-18(7-8-23-26(21)31-16-30-23)11-22(27)20(19)13-25(24)29-15-17-5-3-2-4-6-17/h2-8,12-13,22H,9-11,14-16H2,1H3. The van der Waals surface area contributed by atoms with E-state index >= 15 is 0 Å². The van der Waals surface area contributed by atoms with Gasteiger partial charge in [-0.15, -0.1) is 0 Å². The Labute approximate surface area is 182 Å². The van der Waals surface area contributed by atoms with Gasteiger partial charge in [0.1, 0.15) is 6.61 Å². The molecule has 3 aliphatic heterocycles. The topological polar surface area (TPSA) is 40.2 Å². The second-order valence-electron chi connectivity index (χ2n) is 8.35. The van der Waals surface area contributed by atoms with E-state index in [-0.39, 0.29) is 0 Å². The minimum atomic E-state index is 0.319. The average Bonchev–Trinajstić information content (AvgIpc) is 3.31. The fourth-order valence-corrected chi connectivity index (χ4v) is 5.04. The van der Waals surface area contributed by atoms with Gasteiger partial charge in [0.05, 0.1) is 7.11 Å². The second-order valence-corrected chi connectivity index (χ2v) is 8.35. The van der Waals surface area contributed by atoms with Crippen LogP contribution in [0.3, 0.4) is 0 Å². The number of hydrogen-bond donors (Lipinski definition) is 0. The Morgan fingerprint density at radius 2 is 1.90 bits per heavy atom. The molecule has 31 heavy (non-hydrogen) atoms. The summed E-state index contributed by atoms with van der Waals surface area (Å²) in [6.07, 6.45) is 1.96. The summed E-state index contributed by atoms with van der Waals surface area (Å²) in [5.41, 5.74) is 6.48. The van der Waals surface area contributed by atoms with Gasteiger partial charge in [-0.05, 0) is 53.3 Å². The molecule has 3 aliphatic rings. The van der Waals surface area contributed by atoms with Crippen LogP contribution < -0.4 is 18.9 Å². The van der Waals surface area contributed by atoms with E-state index < -0.39 is 0 Å². The number of benzene rings is 3. The quantitative estimate of drug-likeness (QED) is 0.620. The van der Waals surface area contributed by atoms with E-state index in [1.54, 1.807) is 7.11 Å². The summed E-state index contributed by atoms with van der Waals surface area (Å²) in [5, 5.41) is 0. The van der Waals surface area contributed by atoms with Gasteiger partial charge < -0.3 is 18.9 Å². The lowest BCUT2D eigenvalue weighted by Crippen LogP contribution is -2.39. The zero-order valence-electron chi connectivity index (χ0n) is 17.6. The molecule has 0 saturated heterocycles. The molecule has 1 atom stereocenters. The normalized spacial score (nSPS) is 18.7. The molecule has 0 fully saturated rings. The largest absolute Gasteiger partial charge is 0.493 e. The van der Waals surface area contributed by atoms with Crippen molar-refractivity contribution in [2.24, 2.45) is 0 Å². The summed E-state index contributed by atoms with van der Waals surface area (Å²) < 4.78 is 23.3. The van der Waals surface area contributed by atoms with Gasteiger partial charge in [0.2, 0.25) is 6.79 Å². The molecule has 0 saturated carbocycles. The van der Waals surface area contributed by atoms with Crippen LogP contribution in [0.15, 0.2) is 54.6 Å². The first kappa shape index (κ1) is 18.6. The van der Waals surface area contributed by atoms with Crippen LogP contribution >= 0.6 is 0 Å². The highest BCUT2D eigenvalue weighted by atomic mass is 16.7. The lowest BCUT2D eigenvalue weighted by atomic mass is 9.83. The van der Waals surface area contributed by atoms with Crippen LogP contribution in [-0.4, -0.2) is 25.3 Å². The van der Waals surface area contributed by atoms with Crippen LogP contribution in [0.4, 0.5) is 0 Å². The Morgan fingerprint density at radius 3 is 2.77 bits per heavy atom. The minimum Gasteiger partial charge on any atom is -0.493 e. The third-order valence-corrected chi connectivity index (χ3v) is 6.64. The van der Waals surface area contributed by atoms with E-state index in [1.807, 2.05) is 24.3 Å². The highest BCUT2D eigenvalue weighted by Gasteiger charge is 2.35. The molecule has 1 unspecified atom stereocenters.